The molecule has 4 nitrogen and oxygen atoms in total. The molecule has 0 bridgehead atoms. The number of hydrogen-bond acceptors (Lipinski definition) is 2. The molecule has 1 aliphatic rings. The van der Waals surface area contributed by atoms with E-state index < -0.39 is 0 Å². The summed E-state index contributed by atoms with van der Waals surface area (Å²) < 4.78 is 0. The Kier molecular flexibility index (Phi) is 5.51. The second-order valence-electron chi connectivity index (χ2n) is 4.31. The van der Waals surface area contributed by atoms with Gasteiger partial charge in [0.1, 0.15) is 5.69 Å². The minimum absolute atomic E-state index is 0. The number of carbonyl (C=O) groups is 1. The van der Waals surface area contributed by atoms with Crippen molar-refractivity contribution in [3.8, 4) is 0 Å². The molecular weight excluding hydrogens is 238 g/mol. The Bertz CT molecular complexity index is 338. The fourth-order valence-electron chi connectivity index (χ4n) is 2.38. The van der Waals surface area contributed by atoms with Gasteiger partial charge in [-0.05, 0) is 44.4 Å². The highest BCUT2D eigenvalue weighted by molar-refractivity contribution is 5.92. The van der Waals surface area contributed by atoms with Crippen LogP contribution >= 0.6 is 12.4 Å². The van der Waals surface area contributed by atoms with Gasteiger partial charge in [-0.15, -0.1) is 12.4 Å². The predicted molar refractivity (Wildman–Crippen MR) is 70.4 cm³/mol. The molecule has 1 aliphatic heterocycles. The molecule has 1 unspecified atom stereocenters. The fourth-order valence-corrected chi connectivity index (χ4v) is 2.38. The van der Waals surface area contributed by atoms with Crippen LogP contribution in [0.3, 0.4) is 0 Å². The van der Waals surface area contributed by atoms with Gasteiger partial charge in [0.05, 0.1) is 0 Å². The summed E-state index contributed by atoms with van der Waals surface area (Å²) in [5.74, 6) is 0.114. The number of piperidine rings is 1. The number of H-pyrrole nitrogens is 1. The molecule has 0 spiro atoms. The van der Waals surface area contributed by atoms with Crippen LogP contribution in [-0.2, 0) is 0 Å². The van der Waals surface area contributed by atoms with Crippen LogP contribution in [0.15, 0.2) is 18.3 Å². The molecule has 96 valence electrons. The first-order chi connectivity index (χ1) is 7.83. The minimum Gasteiger partial charge on any atom is -0.357 e. The van der Waals surface area contributed by atoms with Gasteiger partial charge in [-0.3, -0.25) is 4.79 Å². The Hall–Kier alpha value is -1.00. The Labute approximate surface area is 108 Å². The first kappa shape index (κ1) is 14.1. The number of nitrogens with zero attached hydrogens (tertiary/aromatic N) is 1. The molecule has 0 radical (unpaired) electrons. The van der Waals surface area contributed by atoms with Crippen LogP contribution in [0.2, 0.25) is 0 Å². The number of carbonyl (C=O) groups excluding carboxylic acids is 1. The van der Waals surface area contributed by atoms with E-state index in [1.165, 1.54) is 6.42 Å². The summed E-state index contributed by atoms with van der Waals surface area (Å²) in [4.78, 5) is 17.1. The highest BCUT2D eigenvalue weighted by Crippen LogP contribution is 2.21. The van der Waals surface area contributed by atoms with Gasteiger partial charge in [0.25, 0.3) is 5.91 Å². The number of amides is 1. The van der Waals surface area contributed by atoms with Gasteiger partial charge in [-0.2, -0.15) is 0 Å². The molecule has 2 heterocycles. The molecule has 0 saturated carbocycles. The van der Waals surface area contributed by atoms with E-state index in [-0.39, 0.29) is 18.3 Å². The second-order valence-corrected chi connectivity index (χ2v) is 4.31. The summed E-state index contributed by atoms with van der Waals surface area (Å²) >= 11 is 0. The Morgan fingerprint density at radius 2 is 2.35 bits per heavy atom. The average molecular weight is 258 g/mol. The van der Waals surface area contributed by atoms with E-state index in [4.69, 9.17) is 5.73 Å². The Morgan fingerprint density at radius 3 is 3.00 bits per heavy atom. The average Bonchev–Trinajstić information content (AvgIpc) is 2.83. The van der Waals surface area contributed by atoms with Crippen molar-refractivity contribution >= 4 is 18.3 Å². The largest absolute Gasteiger partial charge is 0.357 e. The molecule has 1 saturated heterocycles. The van der Waals surface area contributed by atoms with Crippen LogP contribution in [0.4, 0.5) is 0 Å². The summed E-state index contributed by atoms with van der Waals surface area (Å²) in [5, 5.41) is 0. The summed E-state index contributed by atoms with van der Waals surface area (Å²) in [6.07, 6.45) is 6.10. The van der Waals surface area contributed by atoms with Gasteiger partial charge in [-0.25, -0.2) is 0 Å². The maximum absolute atomic E-state index is 12.2. The van der Waals surface area contributed by atoms with Crippen LogP contribution in [0.25, 0.3) is 0 Å². The highest BCUT2D eigenvalue weighted by Gasteiger charge is 2.26. The summed E-state index contributed by atoms with van der Waals surface area (Å²) in [5.41, 5.74) is 6.28. The lowest BCUT2D eigenvalue weighted by Crippen LogP contribution is -2.44. The molecule has 0 aliphatic carbocycles. The molecule has 1 fully saturated rings. The van der Waals surface area contributed by atoms with Crippen molar-refractivity contribution in [2.75, 3.05) is 13.1 Å². The van der Waals surface area contributed by atoms with Gasteiger partial charge in [-0.1, -0.05) is 0 Å². The summed E-state index contributed by atoms with van der Waals surface area (Å²) in [7, 11) is 0. The Morgan fingerprint density at radius 1 is 1.53 bits per heavy atom. The first-order valence-electron chi connectivity index (χ1n) is 5.97. The number of likely N-dealkylation sites (tertiary alicyclic amines) is 1. The number of nitrogens with one attached hydrogen (secondary N) is 1. The van der Waals surface area contributed by atoms with Crippen molar-refractivity contribution in [2.24, 2.45) is 5.73 Å². The SMILES string of the molecule is Cl.NCCC1CCCCN1C(=O)c1ccc[nH]1. The molecule has 1 aromatic heterocycles. The highest BCUT2D eigenvalue weighted by atomic mass is 35.5. The van der Waals surface area contributed by atoms with Crippen molar-refractivity contribution in [3.05, 3.63) is 24.0 Å². The first-order valence-corrected chi connectivity index (χ1v) is 5.97. The molecule has 1 amide bonds. The van der Waals surface area contributed by atoms with Crippen molar-refractivity contribution in [3.63, 3.8) is 0 Å². The maximum Gasteiger partial charge on any atom is 0.270 e. The Balaban J connectivity index is 0.00000144. The van der Waals surface area contributed by atoms with Gasteiger partial charge >= 0.3 is 0 Å². The fraction of sp³-hybridized carbons (Fsp3) is 0.583. The van der Waals surface area contributed by atoms with Gasteiger partial charge in [0.2, 0.25) is 0 Å². The van der Waals surface area contributed by atoms with Crippen LogP contribution in [0.5, 0.6) is 0 Å². The van der Waals surface area contributed by atoms with Crippen LogP contribution in [0.1, 0.15) is 36.2 Å². The van der Waals surface area contributed by atoms with E-state index in [1.807, 2.05) is 17.0 Å². The third-order valence-corrected chi connectivity index (χ3v) is 3.22. The molecule has 0 aromatic carbocycles. The van der Waals surface area contributed by atoms with E-state index in [9.17, 15) is 4.79 Å². The van der Waals surface area contributed by atoms with E-state index >= 15 is 0 Å². The molecule has 17 heavy (non-hydrogen) atoms. The third-order valence-electron chi connectivity index (χ3n) is 3.22. The number of aromatic nitrogens is 1. The van der Waals surface area contributed by atoms with Gasteiger partial charge < -0.3 is 15.6 Å². The topological polar surface area (TPSA) is 62.1 Å². The standard InChI is InChI=1S/C12H19N3O.ClH/c13-7-6-10-4-1-2-9-15(10)12(16)11-5-3-8-14-11;/h3,5,8,10,14H,1-2,4,6-7,9,13H2;1H. The molecule has 2 rings (SSSR count). The minimum atomic E-state index is 0. The second kappa shape index (κ2) is 6.67. The van der Waals surface area contributed by atoms with Gasteiger partial charge in [0, 0.05) is 18.8 Å². The van der Waals surface area contributed by atoms with E-state index in [0.29, 0.717) is 18.3 Å². The zero-order chi connectivity index (χ0) is 11.4. The van der Waals surface area contributed by atoms with E-state index in [1.54, 1.807) is 6.20 Å². The van der Waals surface area contributed by atoms with Crippen molar-refractivity contribution < 1.29 is 4.79 Å². The number of nitrogens with two attached hydrogens (primary N) is 1. The third kappa shape index (κ3) is 3.23. The molecule has 1 atom stereocenters. The number of rotatable bonds is 3. The van der Waals surface area contributed by atoms with Crippen molar-refractivity contribution in [2.45, 2.75) is 31.7 Å². The number of hydrogen-bond donors (Lipinski definition) is 2. The van der Waals surface area contributed by atoms with E-state index in [0.717, 1.165) is 25.8 Å². The summed E-state index contributed by atoms with van der Waals surface area (Å²) in [6, 6.07) is 4.01. The van der Waals surface area contributed by atoms with Crippen molar-refractivity contribution in [1.29, 1.82) is 0 Å². The summed E-state index contributed by atoms with van der Waals surface area (Å²) in [6.45, 7) is 1.52. The van der Waals surface area contributed by atoms with Crippen LogP contribution < -0.4 is 5.73 Å². The van der Waals surface area contributed by atoms with Crippen LogP contribution in [0, 0.1) is 0 Å². The quantitative estimate of drug-likeness (QED) is 0.867. The molecule has 3 N–H and O–H groups in total. The maximum atomic E-state index is 12.2. The number of halogens is 1. The van der Waals surface area contributed by atoms with Crippen LogP contribution in [-0.4, -0.2) is 34.9 Å². The lowest BCUT2D eigenvalue weighted by atomic mass is 9.99. The molecule has 1 aromatic rings. The predicted octanol–water partition coefficient (Wildman–Crippen LogP) is 1.78. The molecule has 5 heteroatoms. The molecular formula is C12H20ClN3O. The lowest BCUT2D eigenvalue weighted by Gasteiger charge is -2.35. The smallest absolute Gasteiger partial charge is 0.270 e. The normalized spacial score (nSPS) is 19.8. The monoisotopic (exact) mass is 257 g/mol. The van der Waals surface area contributed by atoms with Crippen molar-refractivity contribution in [1.82, 2.24) is 9.88 Å². The number of aromatic amines is 1. The lowest BCUT2D eigenvalue weighted by molar-refractivity contribution is 0.0599. The van der Waals surface area contributed by atoms with E-state index in [2.05, 4.69) is 4.98 Å². The van der Waals surface area contributed by atoms with Gasteiger partial charge in [0.15, 0.2) is 0 Å². The zero-order valence-corrected chi connectivity index (χ0v) is 10.7. The zero-order valence-electron chi connectivity index (χ0n) is 9.89.